The van der Waals surface area contributed by atoms with Gasteiger partial charge in [-0.15, -0.1) is 11.3 Å². The molecule has 0 radical (unpaired) electrons. The van der Waals surface area contributed by atoms with Gasteiger partial charge in [0.2, 0.25) is 0 Å². The summed E-state index contributed by atoms with van der Waals surface area (Å²) in [6, 6.07) is 6.08. The molecule has 1 aromatic carbocycles. The molecule has 3 rings (SSSR count). The van der Waals surface area contributed by atoms with Crippen LogP contribution in [0.25, 0.3) is 0 Å². The molecular weight excluding hydrogens is 472 g/mol. The van der Waals surface area contributed by atoms with Crippen molar-refractivity contribution < 1.29 is 9.84 Å². The summed E-state index contributed by atoms with van der Waals surface area (Å²) >= 11 is 12.0. The Hall–Kier alpha value is 0.120. The molecule has 1 aromatic heterocycles. The first kappa shape index (κ1) is 15.0. The van der Waals surface area contributed by atoms with Gasteiger partial charge in [0.15, 0.2) is 0 Å². The molecule has 2 aromatic rings. The third-order valence-electron chi connectivity index (χ3n) is 3.23. The molecule has 6 heteroatoms. The molecule has 1 N–H and O–H groups in total. The predicted octanol–water partition coefficient (Wildman–Crippen LogP) is 5.25. The summed E-state index contributed by atoms with van der Waals surface area (Å²) in [5.41, 5.74) is 2.27. The lowest BCUT2D eigenvalue weighted by atomic mass is 10.0. The summed E-state index contributed by atoms with van der Waals surface area (Å²) in [5.74, 6) is 0.946. The molecule has 0 amide bonds. The van der Waals surface area contributed by atoms with Crippen LogP contribution in [-0.2, 0) is 12.8 Å². The molecule has 0 fully saturated rings. The van der Waals surface area contributed by atoms with E-state index in [0.29, 0.717) is 6.42 Å². The third kappa shape index (κ3) is 2.99. The van der Waals surface area contributed by atoms with Crippen LogP contribution in [-0.4, -0.2) is 11.7 Å². The number of benzene rings is 1. The van der Waals surface area contributed by atoms with Crippen molar-refractivity contribution in [3.8, 4) is 5.75 Å². The summed E-state index contributed by atoms with van der Waals surface area (Å²) in [4.78, 5) is 0.940. The van der Waals surface area contributed by atoms with Crippen molar-refractivity contribution in [1.82, 2.24) is 0 Å². The van der Waals surface area contributed by atoms with Crippen molar-refractivity contribution in [2.75, 3.05) is 6.61 Å². The fourth-order valence-corrected chi connectivity index (χ4v) is 4.96. The maximum atomic E-state index is 10.4. The average Bonchev–Trinajstić information content (AvgIpc) is 2.97. The van der Waals surface area contributed by atoms with E-state index in [0.717, 1.165) is 41.9 Å². The minimum Gasteiger partial charge on any atom is -0.493 e. The number of rotatable bonds is 3. The van der Waals surface area contributed by atoms with Gasteiger partial charge < -0.3 is 9.84 Å². The van der Waals surface area contributed by atoms with Crippen molar-refractivity contribution in [3.05, 3.63) is 46.9 Å². The zero-order chi connectivity index (χ0) is 14.3. The van der Waals surface area contributed by atoms with E-state index in [1.165, 1.54) is 5.56 Å². The highest BCUT2D eigenvalue weighted by Crippen LogP contribution is 2.39. The highest BCUT2D eigenvalue weighted by molar-refractivity contribution is 9.13. The number of hydrogen-bond acceptors (Lipinski definition) is 3. The third-order valence-corrected chi connectivity index (χ3v) is 7.05. The van der Waals surface area contributed by atoms with Crippen LogP contribution < -0.4 is 4.74 Å². The quantitative estimate of drug-likeness (QED) is 0.647. The molecule has 2 heterocycles. The zero-order valence-corrected chi connectivity index (χ0v) is 15.9. The van der Waals surface area contributed by atoms with Gasteiger partial charge in [-0.3, -0.25) is 0 Å². The SMILES string of the molecule is OC(Cc1cc(Br)cc2c1OCC2)c1cc(Br)c(Br)s1. The Morgan fingerprint density at radius 1 is 1.25 bits per heavy atom. The maximum absolute atomic E-state index is 10.4. The monoisotopic (exact) mass is 480 g/mol. The molecule has 1 aliphatic rings. The molecule has 20 heavy (non-hydrogen) atoms. The minimum atomic E-state index is -0.523. The van der Waals surface area contributed by atoms with Crippen LogP contribution in [0.2, 0.25) is 0 Å². The normalized spacial score (nSPS) is 15.0. The van der Waals surface area contributed by atoms with Gasteiger partial charge in [-0.1, -0.05) is 15.9 Å². The van der Waals surface area contributed by atoms with Crippen molar-refractivity contribution in [2.45, 2.75) is 18.9 Å². The molecule has 0 spiro atoms. The van der Waals surface area contributed by atoms with Crippen LogP contribution in [0, 0.1) is 0 Å². The Morgan fingerprint density at radius 3 is 2.75 bits per heavy atom. The van der Waals surface area contributed by atoms with Crippen LogP contribution in [0.1, 0.15) is 22.1 Å². The Morgan fingerprint density at radius 2 is 2.05 bits per heavy atom. The van der Waals surface area contributed by atoms with E-state index < -0.39 is 6.10 Å². The van der Waals surface area contributed by atoms with Gasteiger partial charge in [0.25, 0.3) is 0 Å². The van der Waals surface area contributed by atoms with Crippen LogP contribution >= 0.6 is 59.1 Å². The van der Waals surface area contributed by atoms with Crippen LogP contribution in [0.15, 0.2) is 30.9 Å². The number of thiophene rings is 1. The van der Waals surface area contributed by atoms with Crippen molar-refractivity contribution in [2.24, 2.45) is 0 Å². The summed E-state index contributed by atoms with van der Waals surface area (Å²) in [5, 5.41) is 10.4. The predicted molar refractivity (Wildman–Crippen MR) is 91.7 cm³/mol. The molecular formula is C14H11Br3O2S. The molecule has 1 atom stereocenters. The molecule has 0 saturated heterocycles. The van der Waals surface area contributed by atoms with Crippen molar-refractivity contribution in [1.29, 1.82) is 0 Å². The van der Waals surface area contributed by atoms with Crippen LogP contribution in [0.5, 0.6) is 5.75 Å². The Kier molecular flexibility index (Phi) is 4.57. The summed E-state index contributed by atoms with van der Waals surface area (Å²) < 4.78 is 8.72. The minimum absolute atomic E-state index is 0.523. The van der Waals surface area contributed by atoms with Crippen molar-refractivity contribution in [3.63, 3.8) is 0 Å². The van der Waals surface area contributed by atoms with Gasteiger partial charge in [-0.05, 0) is 61.2 Å². The second-order valence-electron chi connectivity index (χ2n) is 4.64. The van der Waals surface area contributed by atoms with E-state index in [1.807, 2.05) is 12.1 Å². The second kappa shape index (κ2) is 6.08. The second-order valence-corrected chi connectivity index (χ2v) is 8.81. The highest BCUT2D eigenvalue weighted by atomic mass is 79.9. The Bertz CT molecular complexity index is 635. The lowest BCUT2D eigenvalue weighted by molar-refractivity contribution is 0.181. The van der Waals surface area contributed by atoms with Gasteiger partial charge in [0.1, 0.15) is 5.75 Å². The van der Waals surface area contributed by atoms with E-state index in [2.05, 4.69) is 53.9 Å². The first-order valence-corrected chi connectivity index (χ1v) is 9.31. The number of ether oxygens (including phenoxy) is 1. The van der Waals surface area contributed by atoms with E-state index in [1.54, 1.807) is 11.3 Å². The Balaban J connectivity index is 1.88. The first-order valence-electron chi connectivity index (χ1n) is 6.11. The number of hydrogen-bond donors (Lipinski definition) is 1. The van der Waals surface area contributed by atoms with Gasteiger partial charge in [0, 0.05) is 26.7 Å². The fraction of sp³-hybridized carbons (Fsp3) is 0.286. The number of halogens is 3. The van der Waals surface area contributed by atoms with Gasteiger partial charge >= 0.3 is 0 Å². The number of aliphatic hydroxyl groups is 1. The molecule has 0 bridgehead atoms. The fourth-order valence-electron chi connectivity index (χ4n) is 2.33. The molecule has 0 saturated carbocycles. The van der Waals surface area contributed by atoms with Gasteiger partial charge in [0.05, 0.1) is 16.5 Å². The standard InChI is InChI=1S/C14H11Br3O2S/c15-9-3-7-1-2-19-13(7)8(4-9)5-11(18)12-6-10(16)14(17)20-12/h3-4,6,11,18H,1-2,5H2. The molecule has 1 unspecified atom stereocenters. The lowest BCUT2D eigenvalue weighted by Crippen LogP contribution is -2.01. The Labute approximate surface area is 146 Å². The van der Waals surface area contributed by atoms with Crippen LogP contribution in [0.4, 0.5) is 0 Å². The zero-order valence-electron chi connectivity index (χ0n) is 10.3. The molecule has 106 valence electrons. The first-order chi connectivity index (χ1) is 9.54. The number of fused-ring (bicyclic) bond motifs is 1. The van der Waals surface area contributed by atoms with E-state index in [4.69, 9.17) is 4.74 Å². The molecule has 1 aliphatic heterocycles. The largest absolute Gasteiger partial charge is 0.493 e. The van der Waals surface area contributed by atoms with E-state index >= 15 is 0 Å². The topological polar surface area (TPSA) is 29.5 Å². The van der Waals surface area contributed by atoms with Crippen molar-refractivity contribution >= 4 is 59.1 Å². The van der Waals surface area contributed by atoms with E-state index in [-0.39, 0.29) is 0 Å². The van der Waals surface area contributed by atoms with Gasteiger partial charge in [-0.25, -0.2) is 0 Å². The maximum Gasteiger partial charge on any atom is 0.125 e. The van der Waals surface area contributed by atoms with Gasteiger partial charge in [-0.2, -0.15) is 0 Å². The smallest absolute Gasteiger partial charge is 0.125 e. The lowest BCUT2D eigenvalue weighted by Gasteiger charge is -2.12. The summed E-state index contributed by atoms with van der Waals surface area (Å²) in [6.07, 6.45) is 0.972. The molecule has 0 aliphatic carbocycles. The average molecular weight is 483 g/mol. The summed E-state index contributed by atoms with van der Waals surface area (Å²) in [6.45, 7) is 0.727. The van der Waals surface area contributed by atoms with Crippen LogP contribution in [0.3, 0.4) is 0 Å². The molecule has 2 nitrogen and oxygen atoms in total. The highest BCUT2D eigenvalue weighted by Gasteiger charge is 2.21. The van der Waals surface area contributed by atoms with E-state index in [9.17, 15) is 5.11 Å². The summed E-state index contributed by atoms with van der Waals surface area (Å²) in [7, 11) is 0. The number of aliphatic hydroxyl groups excluding tert-OH is 1.